The normalized spacial score (nSPS) is 17.3. The van der Waals surface area contributed by atoms with Gasteiger partial charge >= 0.3 is 0 Å². The quantitative estimate of drug-likeness (QED) is 0.381. The van der Waals surface area contributed by atoms with Gasteiger partial charge in [0.2, 0.25) is 0 Å². The van der Waals surface area contributed by atoms with E-state index in [0.29, 0.717) is 29.4 Å². The average Bonchev–Trinajstić information content (AvgIpc) is 3.36. The number of benzene rings is 3. The number of amides is 1. The van der Waals surface area contributed by atoms with Crippen LogP contribution >= 0.6 is 0 Å². The first-order valence-electron chi connectivity index (χ1n) is 13.2. The summed E-state index contributed by atoms with van der Waals surface area (Å²) < 4.78 is 1.85. The number of carbonyl (C=O) groups is 1. The number of carboxylic acid groups (broad SMARTS) is 1. The lowest BCUT2D eigenvalue weighted by molar-refractivity contribution is -0.247. The van der Waals surface area contributed by atoms with Crippen LogP contribution in [-0.4, -0.2) is 40.2 Å². The van der Waals surface area contributed by atoms with E-state index in [4.69, 9.17) is 5.26 Å². The predicted molar refractivity (Wildman–Crippen MR) is 145 cm³/mol. The number of nitrogens with zero attached hydrogens (tertiary/aromatic N) is 5. The van der Waals surface area contributed by atoms with Crippen LogP contribution in [0, 0.1) is 11.3 Å². The summed E-state index contributed by atoms with van der Waals surface area (Å²) >= 11 is 0. The number of aromatic nitrogens is 3. The number of nitriles is 1. The Bertz CT molecular complexity index is 1450. The molecule has 0 unspecified atom stereocenters. The fourth-order valence-electron chi connectivity index (χ4n) is 5.50. The molecule has 194 valence electrons. The highest BCUT2D eigenvalue weighted by atomic mass is 16.4. The Hall–Kier alpha value is -4.22. The Labute approximate surface area is 222 Å². The highest BCUT2D eigenvalue weighted by Crippen LogP contribution is 2.36. The maximum atomic E-state index is 12.5. The van der Waals surface area contributed by atoms with E-state index in [1.807, 2.05) is 60.3 Å². The molecule has 0 radical (unpaired) electrons. The van der Waals surface area contributed by atoms with E-state index < -0.39 is 6.09 Å². The molecule has 4 aromatic rings. The van der Waals surface area contributed by atoms with E-state index in [9.17, 15) is 9.90 Å². The minimum atomic E-state index is -1.15. The van der Waals surface area contributed by atoms with Crippen LogP contribution in [0.25, 0.3) is 22.2 Å². The number of fused-ring (bicyclic) bond motifs is 1. The van der Waals surface area contributed by atoms with Crippen LogP contribution in [0.4, 0.5) is 10.5 Å². The lowest BCUT2D eigenvalue weighted by Gasteiger charge is -2.39. The van der Waals surface area contributed by atoms with Crippen LogP contribution in [0.5, 0.6) is 0 Å². The fraction of sp³-hybridized carbons (Fsp3) is 0.333. The van der Waals surface area contributed by atoms with E-state index in [0.717, 1.165) is 60.7 Å². The van der Waals surface area contributed by atoms with Crippen molar-refractivity contribution >= 4 is 22.8 Å². The summed E-state index contributed by atoms with van der Waals surface area (Å²) in [5, 5.41) is 33.4. The van der Waals surface area contributed by atoms with Crippen molar-refractivity contribution < 1.29 is 9.90 Å². The molecule has 1 aliphatic rings. The zero-order valence-electron chi connectivity index (χ0n) is 21.5. The van der Waals surface area contributed by atoms with Gasteiger partial charge in [-0.2, -0.15) is 5.26 Å². The second-order valence-corrected chi connectivity index (χ2v) is 9.88. The lowest BCUT2D eigenvalue weighted by Crippen LogP contribution is -2.50. The third kappa shape index (κ3) is 5.38. The number of aryl methyl sites for hydroxylation is 2. The molecule has 0 saturated heterocycles. The van der Waals surface area contributed by atoms with Crippen LogP contribution in [-0.2, 0) is 13.0 Å². The topological polar surface area (TPSA) is 110 Å². The predicted octanol–water partition coefficient (Wildman–Crippen LogP) is 4.28. The third-order valence-corrected chi connectivity index (χ3v) is 7.55. The van der Waals surface area contributed by atoms with Gasteiger partial charge in [-0.15, -0.1) is 5.10 Å². The summed E-state index contributed by atoms with van der Waals surface area (Å²) in [4.78, 5) is 14.0. The van der Waals surface area contributed by atoms with E-state index in [2.05, 4.69) is 27.8 Å². The van der Waals surface area contributed by atoms with Gasteiger partial charge < -0.3 is 20.1 Å². The molecule has 0 spiro atoms. The molecule has 5 rings (SSSR count). The Morgan fingerprint density at radius 1 is 1.11 bits per heavy atom. The van der Waals surface area contributed by atoms with Gasteiger partial charge in [0.1, 0.15) is 11.6 Å². The minimum absolute atomic E-state index is 0.109. The number of hydrogen-bond acceptors (Lipinski definition) is 6. The van der Waals surface area contributed by atoms with Gasteiger partial charge in [0.05, 0.1) is 22.8 Å². The number of hydrogen-bond donors (Lipinski definition) is 1. The van der Waals surface area contributed by atoms with Crippen molar-refractivity contribution in [3.63, 3.8) is 0 Å². The SMILES string of the molecule is CNC1CCC(N(C(=O)[O-])c2cc(CCCn3nnc4cc(C#N)ccc43)ccc2-c2ccccc2)CC1. The van der Waals surface area contributed by atoms with Crippen molar-refractivity contribution in [2.75, 3.05) is 11.9 Å². The van der Waals surface area contributed by atoms with Crippen molar-refractivity contribution in [3.05, 3.63) is 77.9 Å². The van der Waals surface area contributed by atoms with E-state index in [1.165, 1.54) is 4.90 Å². The first kappa shape index (κ1) is 25.4. The van der Waals surface area contributed by atoms with Crippen molar-refractivity contribution in [2.24, 2.45) is 0 Å². The largest absolute Gasteiger partial charge is 0.530 e. The molecular formula is C30H31N6O2-. The van der Waals surface area contributed by atoms with Crippen LogP contribution in [0.1, 0.15) is 43.2 Å². The maximum Gasteiger partial charge on any atom is 0.141 e. The molecule has 1 heterocycles. The van der Waals surface area contributed by atoms with Gasteiger partial charge in [0.15, 0.2) is 0 Å². The number of nitrogens with one attached hydrogen (secondary N) is 1. The molecule has 8 heteroatoms. The second kappa shape index (κ2) is 11.4. The summed E-state index contributed by atoms with van der Waals surface area (Å²) in [6.07, 6.45) is 3.88. The molecule has 1 aliphatic carbocycles. The van der Waals surface area contributed by atoms with Gasteiger partial charge in [-0.1, -0.05) is 47.7 Å². The van der Waals surface area contributed by atoms with Crippen molar-refractivity contribution in [3.8, 4) is 17.2 Å². The molecule has 38 heavy (non-hydrogen) atoms. The Morgan fingerprint density at radius 2 is 1.89 bits per heavy atom. The molecule has 0 atom stereocenters. The van der Waals surface area contributed by atoms with Crippen molar-refractivity contribution in [2.45, 2.75) is 57.2 Å². The zero-order valence-corrected chi connectivity index (χ0v) is 21.5. The first-order chi connectivity index (χ1) is 18.6. The highest BCUT2D eigenvalue weighted by Gasteiger charge is 2.28. The van der Waals surface area contributed by atoms with Gasteiger partial charge in [0.25, 0.3) is 0 Å². The first-order valence-corrected chi connectivity index (χ1v) is 13.2. The van der Waals surface area contributed by atoms with E-state index in [-0.39, 0.29) is 6.04 Å². The van der Waals surface area contributed by atoms with Crippen molar-refractivity contribution in [1.82, 2.24) is 20.3 Å². The molecule has 1 aromatic heterocycles. The second-order valence-electron chi connectivity index (χ2n) is 9.88. The average molecular weight is 508 g/mol. The number of rotatable bonds is 8. The van der Waals surface area contributed by atoms with Gasteiger partial charge in [-0.25, -0.2) is 4.68 Å². The standard InChI is InChI=1S/C30H32N6O2/c1-32-24-11-13-25(14-12-24)36(30(37)38)29-19-21(9-15-26(29)23-7-3-2-4-8-23)6-5-17-35-28-16-10-22(20-31)18-27(28)33-34-35/h2-4,7-10,15-16,18-19,24-25,32H,5-6,11-14,17H2,1H3,(H,37,38)/p-1. The van der Waals surface area contributed by atoms with Gasteiger partial charge in [-0.05, 0) is 81.0 Å². The number of anilines is 1. The molecule has 1 saturated carbocycles. The summed E-state index contributed by atoms with van der Waals surface area (Å²) in [7, 11) is 1.96. The van der Waals surface area contributed by atoms with Crippen LogP contribution in [0.2, 0.25) is 0 Å². The Balaban J connectivity index is 1.40. The molecular weight excluding hydrogens is 476 g/mol. The molecule has 1 amide bonds. The Morgan fingerprint density at radius 3 is 2.61 bits per heavy atom. The summed E-state index contributed by atoms with van der Waals surface area (Å²) in [6.45, 7) is 0.663. The summed E-state index contributed by atoms with van der Waals surface area (Å²) in [6, 6.07) is 23.9. The zero-order chi connectivity index (χ0) is 26.5. The third-order valence-electron chi connectivity index (χ3n) is 7.55. The molecule has 0 bridgehead atoms. The summed E-state index contributed by atoms with van der Waals surface area (Å²) in [5.74, 6) is 0. The lowest BCUT2D eigenvalue weighted by atomic mass is 9.89. The van der Waals surface area contributed by atoms with Crippen LogP contribution < -0.4 is 15.3 Å². The Kier molecular flexibility index (Phi) is 7.66. The molecule has 1 fully saturated rings. The molecule has 3 aromatic carbocycles. The highest BCUT2D eigenvalue weighted by molar-refractivity contribution is 5.92. The minimum Gasteiger partial charge on any atom is -0.530 e. The molecule has 0 aliphatic heterocycles. The smallest absolute Gasteiger partial charge is 0.141 e. The monoisotopic (exact) mass is 507 g/mol. The fourth-order valence-corrected chi connectivity index (χ4v) is 5.50. The van der Waals surface area contributed by atoms with Crippen LogP contribution in [0.15, 0.2) is 66.7 Å². The van der Waals surface area contributed by atoms with Crippen LogP contribution in [0.3, 0.4) is 0 Å². The number of carbonyl (C=O) groups excluding carboxylic acids is 1. The van der Waals surface area contributed by atoms with E-state index in [1.54, 1.807) is 12.1 Å². The molecule has 8 nitrogen and oxygen atoms in total. The van der Waals surface area contributed by atoms with E-state index >= 15 is 0 Å². The van der Waals surface area contributed by atoms with Crippen molar-refractivity contribution in [1.29, 1.82) is 5.26 Å². The molecule has 1 N–H and O–H groups in total. The maximum absolute atomic E-state index is 12.5. The van der Waals surface area contributed by atoms with Gasteiger partial charge in [-0.3, -0.25) is 0 Å². The summed E-state index contributed by atoms with van der Waals surface area (Å²) in [5.41, 5.74) is 5.79. The van der Waals surface area contributed by atoms with Gasteiger partial charge in [0, 0.05) is 24.2 Å².